The first-order chi connectivity index (χ1) is 16.5. The highest BCUT2D eigenvalue weighted by Crippen LogP contribution is 2.33. The molecule has 8 nitrogen and oxygen atoms in total. The number of thiocarbonyl (C=S) groups is 1. The number of nitrogens with one attached hydrogen (secondary N) is 3. The van der Waals surface area contributed by atoms with Gasteiger partial charge in [-0.3, -0.25) is 4.79 Å². The lowest BCUT2D eigenvalue weighted by molar-refractivity contribution is -0.139. The van der Waals surface area contributed by atoms with Crippen molar-refractivity contribution in [1.82, 2.24) is 16.1 Å². The third-order valence-electron chi connectivity index (χ3n) is 4.79. The molecule has 1 heterocycles. The number of benzene rings is 2. The largest absolute Gasteiger partial charge is 0.483 e. The molecule has 1 aliphatic heterocycles. The van der Waals surface area contributed by atoms with E-state index < -0.39 is 17.9 Å². The van der Waals surface area contributed by atoms with Crippen LogP contribution in [0.15, 0.2) is 77.0 Å². The highest BCUT2D eigenvalue weighted by molar-refractivity contribution is 7.80. The van der Waals surface area contributed by atoms with Crippen LogP contribution in [-0.2, 0) is 14.3 Å². The molecule has 176 valence electrons. The Hall–Kier alpha value is -3.98. The van der Waals surface area contributed by atoms with Crippen molar-refractivity contribution >= 4 is 41.5 Å². The summed E-state index contributed by atoms with van der Waals surface area (Å²) in [6.07, 6.45) is 5.08. The van der Waals surface area contributed by atoms with Crippen molar-refractivity contribution < 1.29 is 19.1 Å². The van der Waals surface area contributed by atoms with E-state index in [2.05, 4.69) is 21.2 Å². The SMILES string of the molecule is CCOC(=O)C1=C(C)NC(=S)N[C@H]1c1ccccc1OCC(=O)NN=C/C=C/c1ccccc1. The Morgan fingerprint density at radius 1 is 1.15 bits per heavy atom. The van der Waals surface area contributed by atoms with Crippen molar-refractivity contribution in [2.24, 2.45) is 5.10 Å². The van der Waals surface area contributed by atoms with Gasteiger partial charge in [-0.2, -0.15) is 5.10 Å². The number of ether oxygens (including phenoxy) is 2. The fourth-order valence-corrected chi connectivity index (χ4v) is 3.57. The predicted molar refractivity (Wildman–Crippen MR) is 135 cm³/mol. The van der Waals surface area contributed by atoms with E-state index in [1.165, 1.54) is 6.21 Å². The third-order valence-corrected chi connectivity index (χ3v) is 5.01. The molecule has 0 fully saturated rings. The molecule has 3 N–H and O–H groups in total. The maximum atomic E-state index is 12.6. The molecule has 0 saturated heterocycles. The molecule has 0 spiro atoms. The van der Waals surface area contributed by atoms with Crippen LogP contribution in [0.5, 0.6) is 5.75 Å². The smallest absolute Gasteiger partial charge is 0.338 e. The molecule has 2 aromatic carbocycles. The van der Waals surface area contributed by atoms with Gasteiger partial charge in [0.2, 0.25) is 0 Å². The van der Waals surface area contributed by atoms with Gasteiger partial charge in [0, 0.05) is 17.5 Å². The minimum Gasteiger partial charge on any atom is -0.483 e. The number of nitrogens with zero attached hydrogens (tertiary/aromatic N) is 1. The van der Waals surface area contributed by atoms with Crippen molar-refractivity contribution in [1.29, 1.82) is 0 Å². The molecule has 2 aromatic rings. The summed E-state index contributed by atoms with van der Waals surface area (Å²) in [5, 5.41) is 10.3. The summed E-state index contributed by atoms with van der Waals surface area (Å²) in [6.45, 7) is 3.48. The monoisotopic (exact) mass is 478 g/mol. The first-order valence-corrected chi connectivity index (χ1v) is 11.1. The van der Waals surface area contributed by atoms with Gasteiger partial charge in [0.15, 0.2) is 11.7 Å². The van der Waals surface area contributed by atoms with Crippen molar-refractivity contribution in [2.75, 3.05) is 13.2 Å². The van der Waals surface area contributed by atoms with Gasteiger partial charge in [0.1, 0.15) is 5.75 Å². The Bertz CT molecular complexity index is 1130. The summed E-state index contributed by atoms with van der Waals surface area (Å²) in [7, 11) is 0. The third kappa shape index (κ3) is 6.76. The first kappa shape index (κ1) is 24.7. The number of para-hydroxylation sites is 1. The Morgan fingerprint density at radius 2 is 1.88 bits per heavy atom. The van der Waals surface area contributed by atoms with E-state index in [4.69, 9.17) is 21.7 Å². The van der Waals surface area contributed by atoms with E-state index in [1.54, 1.807) is 38.1 Å². The summed E-state index contributed by atoms with van der Waals surface area (Å²) < 4.78 is 11.0. The molecule has 0 unspecified atom stereocenters. The van der Waals surface area contributed by atoms with E-state index in [0.29, 0.717) is 27.7 Å². The molecule has 0 aromatic heterocycles. The summed E-state index contributed by atoms with van der Waals surface area (Å²) >= 11 is 5.28. The quantitative estimate of drug-likeness (QED) is 0.220. The van der Waals surface area contributed by atoms with E-state index in [1.807, 2.05) is 42.5 Å². The molecular formula is C25H26N4O4S. The van der Waals surface area contributed by atoms with Gasteiger partial charge < -0.3 is 20.1 Å². The highest BCUT2D eigenvalue weighted by atomic mass is 32.1. The standard InChI is InChI=1S/C25H26N4O4S/c1-3-32-24(31)22-17(2)27-25(34)28-23(22)19-13-7-8-14-20(19)33-16-21(30)29-26-15-9-12-18-10-5-4-6-11-18/h4-15,23H,3,16H2,1-2H3,(H,29,30)(H2,27,28,34)/b12-9+,26-15?/t23-/m0/s1. The number of amides is 1. The zero-order chi connectivity index (χ0) is 24.3. The number of hydrogen-bond acceptors (Lipinski definition) is 6. The van der Waals surface area contributed by atoms with Crippen LogP contribution >= 0.6 is 12.2 Å². The Labute approximate surface area is 203 Å². The number of rotatable bonds is 9. The molecule has 9 heteroatoms. The lowest BCUT2D eigenvalue weighted by atomic mass is 9.95. The van der Waals surface area contributed by atoms with Crippen LogP contribution in [0.25, 0.3) is 6.08 Å². The Kier molecular flexibility index (Phi) is 8.93. The van der Waals surface area contributed by atoms with Gasteiger partial charge in [-0.05, 0) is 43.8 Å². The van der Waals surface area contributed by atoms with Crippen LogP contribution in [0.2, 0.25) is 0 Å². The number of carbonyl (C=O) groups is 2. The normalized spacial score (nSPS) is 15.7. The van der Waals surface area contributed by atoms with Crippen LogP contribution < -0.4 is 20.8 Å². The molecule has 0 radical (unpaired) electrons. The average molecular weight is 479 g/mol. The van der Waals surface area contributed by atoms with Gasteiger partial charge >= 0.3 is 5.97 Å². The van der Waals surface area contributed by atoms with E-state index >= 15 is 0 Å². The van der Waals surface area contributed by atoms with Crippen LogP contribution in [-0.4, -0.2) is 36.4 Å². The van der Waals surface area contributed by atoms with Crippen molar-refractivity contribution in [2.45, 2.75) is 19.9 Å². The second kappa shape index (κ2) is 12.3. The lowest BCUT2D eigenvalue weighted by Gasteiger charge is -2.30. The number of allylic oxidation sites excluding steroid dienone is 2. The van der Waals surface area contributed by atoms with Crippen LogP contribution in [0.3, 0.4) is 0 Å². The average Bonchev–Trinajstić information content (AvgIpc) is 2.83. The summed E-state index contributed by atoms with van der Waals surface area (Å²) in [5.41, 5.74) is 5.08. The molecule has 0 bridgehead atoms. The first-order valence-electron chi connectivity index (χ1n) is 10.7. The number of hydrazone groups is 1. The van der Waals surface area contributed by atoms with Crippen molar-refractivity contribution in [3.63, 3.8) is 0 Å². The predicted octanol–water partition coefficient (Wildman–Crippen LogP) is 3.24. The summed E-state index contributed by atoms with van der Waals surface area (Å²) in [5.74, 6) is -0.453. The Balaban J connectivity index is 1.65. The van der Waals surface area contributed by atoms with Gasteiger partial charge in [-0.1, -0.05) is 54.6 Å². The zero-order valence-corrected chi connectivity index (χ0v) is 19.7. The van der Waals surface area contributed by atoms with Crippen molar-refractivity contribution in [3.05, 3.63) is 83.1 Å². The molecule has 0 saturated carbocycles. The van der Waals surface area contributed by atoms with Crippen LogP contribution in [0.1, 0.15) is 31.0 Å². The molecule has 34 heavy (non-hydrogen) atoms. The molecule has 3 rings (SSSR count). The summed E-state index contributed by atoms with van der Waals surface area (Å²) in [4.78, 5) is 24.8. The summed E-state index contributed by atoms with van der Waals surface area (Å²) in [6, 6.07) is 16.3. The highest BCUT2D eigenvalue weighted by Gasteiger charge is 2.32. The fraction of sp³-hybridized carbons (Fsp3) is 0.200. The minimum absolute atomic E-state index is 0.242. The molecule has 0 aliphatic carbocycles. The van der Waals surface area contributed by atoms with Crippen LogP contribution in [0, 0.1) is 0 Å². The van der Waals surface area contributed by atoms with E-state index in [-0.39, 0.29) is 13.2 Å². The Morgan fingerprint density at radius 3 is 2.65 bits per heavy atom. The van der Waals surface area contributed by atoms with Gasteiger partial charge in [-0.15, -0.1) is 0 Å². The fourth-order valence-electron chi connectivity index (χ4n) is 3.30. The molecule has 1 aliphatic rings. The number of carbonyl (C=O) groups excluding carboxylic acids is 2. The van der Waals surface area contributed by atoms with Gasteiger partial charge in [0.25, 0.3) is 5.91 Å². The maximum absolute atomic E-state index is 12.6. The molecular weight excluding hydrogens is 452 g/mol. The van der Waals surface area contributed by atoms with E-state index in [0.717, 1.165) is 5.56 Å². The van der Waals surface area contributed by atoms with Crippen molar-refractivity contribution in [3.8, 4) is 5.75 Å². The molecule has 1 atom stereocenters. The number of esters is 1. The number of hydrogen-bond donors (Lipinski definition) is 3. The minimum atomic E-state index is -0.590. The van der Waals surface area contributed by atoms with E-state index in [9.17, 15) is 9.59 Å². The second-order valence-electron chi connectivity index (χ2n) is 7.20. The van der Waals surface area contributed by atoms with Gasteiger partial charge in [0.05, 0.1) is 18.2 Å². The second-order valence-corrected chi connectivity index (χ2v) is 7.61. The zero-order valence-electron chi connectivity index (χ0n) is 18.9. The lowest BCUT2D eigenvalue weighted by Crippen LogP contribution is -2.45. The van der Waals surface area contributed by atoms with Crippen LogP contribution in [0.4, 0.5) is 0 Å². The maximum Gasteiger partial charge on any atom is 0.338 e. The molecule has 1 amide bonds. The topological polar surface area (TPSA) is 101 Å². The van der Waals surface area contributed by atoms with Gasteiger partial charge in [-0.25, -0.2) is 10.2 Å².